The highest BCUT2D eigenvalue weighted by Gasteiger charge is 2.43. The minimum absolute atomic E-state index is 0.00858. The van der Waals surface area contributed by atoms with Crippen LogP contribution in [-0.2, 0) is 19.1 Å². The highest BCUT2D eigenvalue weighted by Crippen LogP contribution is 2.41. The van der Waals surface area contributed by atoms with E-state index < -0.39 is 0 Å². The summed E-state index contributed by atoms with van der Waals surface area (Å²) in [6, 6.07) is 8.38. The molecule has 1 aliphatic heterocycles. The van der Waals surface area contributed by atoms with Gasteiger partial charge in [-0.2, -0.15) is 0 Å². The zero-order valence-electron chi connectivity index (χ0n) is 16.4. The summed E-state index contributed by atoms with van der Waals surface area (Å²) in [5, 5.41) is 0. The zero-order chi connectivity index (χ0) is 19.3. The van der Waals surface area contributed by atoms with Crippen LogP contribution in [-0.4, -0.2) is 29.4 Å². The predicted octanol–water partition coefficient (Wildman–Crippen LogP) is 4.78. The van der Waals surface area contributed by atoms with Gasteiger partial charge in [0.1, 0.15) is 17.3 Å². The number of rotatable bonds is 7. The standard InChI is InChI=1S/C21H30O4S/c1-6-18-15(4)20(25-19(23)12-9-14(3)22)16(5)21(24-18)26-17-10-7-13(2)8-11-17/h7-8,10-11,15-16,18,20-21H,6,9,12H2,1-5H3/t15-,16?,18?,20-,21-/m0/s1. The van der Waals surface area contributed by atoms with Crippen LogP contribution in [0.3, 0.4) is 0 Å². The summed E-state index contributed by atoms with van der Waals surface area (Å²) in [6.07, 6.45) is 1.12. The van der Waals surface area contributed by atoms with Crippen LogP contribution in [0.4, 0.5) is 0 Å². The number of ketones is 1. The number of thioether (sulfide) groups is 1. The first-order valence-corrected chi connectivity index (χ1v) is 10.3. The molecular formula is C21H30O4S. The zero-order valence-corrected chi connectivity index (χ0v) is 17.2. The summed E-state index contributed by atoms with van der Waals surface area (Å²) in [7, 11) is 0. The van der Waals surface area contributed by atoms with Crippen molar-refractivity contribution < 1.29 is 19.1 Å². The van der Waals surface area contributed by atoms with Crippen LogP contribution in [0.25, 0.3) is 0 Å². The van der Waals surface area contributed by atoms with Crippen molar-refractivity contribution in [1.29, 1.82) is 0 Å². The van der Waals surface area contributed by atoms with Crippen molar-refractivity contribution in [3.8, 4) is 0 Å². The van der Waals surface area contributed by atoms with Crippen molar-refractivity contribution in [2.45, 2.75) is 76.4 Å². The van der Waals surface area contributed by atoms with Crippen LogP contribution in [0.15, 0.2) is 29.2 Å². The summed E-state index contributed by atoms with van der Waals surface area (Å²) in [6.45, 7) is 9.82. The van der Waals surface area contributed by atoms with Gasteiger partial charge in [-0.3, -0.25) is 4.79 Å². The van der Waals surface area contributed by atoms with Crippen molar-refractivity contribution in [3.05, 3.63) is 29.8 Å². The molecule has 1 aliphatic rings. The largest absolute Gasteiger partial charge is 0.462 e. The number of carbonyl (C=O) groups excluding carboxylic acids is 2. The van der Waals surface area contributed by atoms with E-state index in [4.69, 9.17) is 9.47 Å². The molecular weight excluding hydrogens is 348 g/mol. The van der Waals surface area contributed by atoms with Crippen molar-refractivity contribution in [1.82, 2.24) is 0 Å². The lowest BCUT2D eigenvalue weighted by Gasteiger charge is -2.43. The lowest BCUT2D eigenvalue weighted by Crippen LogP contribution is -2.49. The van der Waals surface area contributed by atoms with Gasteiger partial charge in [0, 0.05) is 23.2 Å². The molecule has 0 radical (unpaired) electrons. The molecule has 1 aromatic carbocycles. The minimum Gasteiger partial charge on any atom is -0.462 e. The molecule has 2 rings (SSSR count). The Hall–Kier alpha value is -1.33. The third kappa shape index (κ3) is 5.58. The van der Waals surface area contributed by atoms with E-state index >= 15 is 0 Å². The van der Waals surface area contributed by atoms with Crippen molar-refractivity contribution >= 4 is 23.5 Å². The minimum atomic E-state index is -0.292. The summed E-state index contributed by atoms with van der Waals surface area (Å²) in [5.74, 6) is -0.0828. The van der Waals surface area contributed by atoms with Crippen LogP contribution < -0.4 is 0 Å². The van der Waals surface area contributed by atoms with Gasteiger partial charge in [-0.1, -0.05) is 50.2 Å². The summed E-state index contributed by atoms with van der Waals surface area (Å²) in [4.78, 5) is 24.4. The van der Waals surface area contributed by atoms with Crippen LogP contribution in [0.1, 0.15) is 52.5 Å². The average Bonchev–Trinajstić information content (AvgIpc) is 2.61. The quantitative estimate of drug-likeness (QED) is 0.639. The molecule has 1 saturated heterocycles. The van der Waals surface area contributed by atoms with Gasteiger partial charge in [0.15, 0.2) is 0 Å². The maximum absolute atomic E-state index is 12.2. The molecule has 5 atom stereocenters. The van der Waals surface area contributed by atoms with E-state index in [0.29, 0.717) is 0 Å². The third-order valence-corrected chi connectivity index (χ3v) is 6.30. The molecule has 144 valence electrons. The van der Waals surface area contributed by atoms with Gasteiger partial charge in [-0.15, -0.1) is 0 Å². The number of carbonyl (C=O) groups is 2. The maximum Gasteiger partial charge on any atom is 0.306 e. The monoisotopic (exact) mass is 378 g/mol. The fourth-order valence-corrected chi connectivity index (χ4v) is 4.45. The smallest absolute Gasteiger partial charge is 0.306 e. The summed E-state index contributed by atoms with van der Waals surface area (Å²) >= 11 is 1.68. The molecule has 1 fully saturated rings. The number of aryl methyl sites for hydroxylation is 1. The second-order valence-electron chi connectivity index (χ2n) is 7.26. The van der Waals surface area contributed by atoms with E-state index in [2.05, 4.69) is 52.0 Å². The molecule has 0 amide bonds. The molecule has 26 heavy (non-hydrogen) atoms. The van der Waals surface area contributed by atoms with Crippen molar-refractivity contribution in [3.63, 3.8) is 0 Å². The highest BCUT2D eigenvalue weighted by molar-refractivity contribution is 7.99. The Morgan fingerprint density at radius 1 is 1.12 bits per heavy atom. The number of esters is 1. The second-order valence-corrected chi connectivity index (χ2v) is 8.43. The Morgan fingerprint density at radius 2 is 1.77 bits per heavy atom. The van der Waals surface area contributed by atoms with Gasteiger partial charge in [0.2, 0.25) is 0 Å². The molecule has 1 aromatic rings. The normalized spacial score (nSPS) is 28.6. The summed E-state index contributed by atoms with van der Waals surface area (Å²) < 4.78 is 12.1. The topological polar surface area (TPSA) is 52.6 Å². The fraction of sp³-hybridized carbons (Fsp3) is 0.619. The second kappa shape index (κ2) is 9.56. The van der Waals surface area contributed by atoms with Gasteiger partial charge in [-0.25, -0.2) is 0 Å². The predicted molar refractivity (Wildman–Crippen MR) is 104 cm³/mol. The van der Waals surface area contributed by atoms with E-state index in [1.54, 1.807) is 11.8 Å². The van der Waals surface area contributed by atoms with Crippen LogP contribution >= 0.6 is 11.8 Å². The van der Waals surface area contributed by atoms with Gasteiger partial charge in [0.25, 0.3) is 0 Å². The maximum atomic E-state index is 12.2. The average molecular weight is 379 g/mol. The molecule has 5 heteroatoms. The van der Waals surface area contributed by atoms with Crippen LogP contribution in [0.2, 0.25) is 0 Å². The lowest BCUT2D eigenvalue weighted by atomic mass is 9.85. The first-order chi connectivity index (χ1) is 12.3. The van der Waals surface area contributed by atoms with E-state index in [-0.39, 0.29) is 54.1 Å². The molecule has 1 heterocycles. The molecule has 2 unspecified atom stereocenters. The fourth-order valence-electron chi connectivity index (χ4n) is 3.32. The first kappa shape index (κ1) is 21.0. The van der Waals surface area contributed by atoms with E-state index in [9.17, 15) is 9.59 Å². The van der Waals surface area contributed by atoms with Crippen LogP contribution in [0.5, 0.6) is 0 Å². The third-order valence-electron chi connectivity index (χ3n) is 4.99. The SMILES string of the molecule is CCC1O[C@@H](Sc2ccc(C)cc2)C(C)[C@@H](OC(=O)CCC(C)=O)[C@H]1C. The number of hydrogen-bond donors (Lipinski definition) is 0. The number of ether oxygens (including phenoxy) is 2. The summed E-state index contributed by atoms with van der Waals surface area (Å²) in [5.41, 5.74) is 1.16. The molecule has 0 spiro atoms. The molecule has 0 aliphatic carbocycles. The van der Waals surface area contributed by atoms with E-state index in [1.807, 2.05) is 0 Å². The Bertz CT molecular complexity index is 613. The molecule has 0 saturated carbocycles. The number of benzene rings is 1. The Kier molecular flexibility index (Phi) is 7.71. The Balaban J connectivity index is 2.08. The van der Waals surface area contributed by atoms with Crippen molar-refractivity contribution in [2.75, 3.05) is 0 Å². The van der Waals surface area contributed by atoms with Crippen LogP contribution in [0, 0.1) is 18.8 Å². The number of Topliss-reactive ketones (excluding diaryl/α,β-unsaturated/α-hetero) is 1. The highest BCUT2D eigenvalue weighted by atomic mass is 32.2. The molecule has 0 bridgehead atoms. The Morgan fingerprint density at radius 3 is 2.35 bits per heavy atom. The van der Waals surface area contributed by atoms with Gasteiger partial charge < -0.3 is 14.3 Å². The molecule has 4 nitrogen and oxygen atoms in total. The first-order valence-electron chi connectivity index (χ1n) is 9.39. The van der Waals surface area contributed by atoms with Crippen molar-refractivity contribution in [2.24, 2.45) is 11.8 Å². The van der Waals surface area contributed by atoms with E-state index in [1.165, 1.54) is 12.5 Å². The Labute approximate surface area is 161 Å². The van der Waals surface area contributed by atoms with Gasteiger partial charge in [-0.05, 0) is 32.4 Å². The molecule has 0 aromatic heterocycles. The van der Waals surface area contributed by atoms with Gasteiger partial charge >= 0.3 is 5.97 Å². The van der Waals surface area contributed by atoms with E-state index in [0.717, 1.165) is 11.3 Å². The molecule has 0 N–H and O–H groups in total. The number of hydrogen-bond acceptors (Lipinski definition) is 5. The van der Waals surface area contributed by atoms with Gasteiger partial charge in [0.05, 0.1) is 12.5 Å². The lowest BCUT2D eigenvalue weighted by molar-refractivity contribution is -0.178.